The number of carbonyl (C=O) groups excluding carboxylic acids is 1. The van der Waals surface area contributed by atoms with Crippen LogP contribution in [-0.4, -0.2) is 25.7 Å². The minimum Gasteiger partial charge on any atom is -0.380 e. The number of nitrogens with two attached hydrogens (primary N) is 2. The maximum atomic E-state index is 11.0. The topological polar surface area (TPSA) is 78.3 Å². The lowest BCUT2D eigenvalue weighted by Gasteiger charge is -2.32. The average Bonchev–Trinajstić information content (AvgIpc) is 2.05. The molecule has 0 aromatic rings. The largest absolute Gasteiger partial charge is 0.380 e. The second-order valence-corrected chi connectivity index (χ2v) is 3.00. The van der Waals surface area contributed by atoms with E-state index in [4.69, 9.17) is 16.2 Å². The van der Waals surface area contributed by atoms with Crippen molar-refractivity contribution in [2.24, 2.45) is 16.9 Å². The Morgan fingerprint density at radius 3 is 2.64 bits per heavy atom. The van der Waals surface area contributed by atoms with E-state index in [0.29, 0.717) is 13.2 Å². The maximum absolute atomic E-state index is 11.0. The molecule has 1 amide bonds. The lowest BCUT2D eigenvalue weighted by molar-refractivity contribution is -0.134. The molecule has 4 N–H and O–H groups in total. The van der Waals surface area contributed by atoms with E-state index >= 15 is 0 Å². The number of primary amides is 1. The zero-order chi connectivity index (χ0) is 8.32. The van der Waals surface area contributed by atoms with E-state index in [0.717, 1.165) is 19.4 Å². The van der Waals surface area contributed by atoms with Gasteiger partial charge in [0.2, 0.25) is 5.91 Å². The molecule has 4 heteroatoms. The second kappa shape index (κ2) is 3.19. The molecule has 1 aliphatic rings. The van der Waals surface area contributed by atoms with Gasteiger partial charge >= 0.3 is 0 Å². The number of ether oxygens (including phenoxy) is 1. The number of carbonyl (C=O) groups is 1. The summed E-state index contributed by atoms with van der Waals surface area (Å²) < 4.78 is 5.16. The first-order valence-corrected chi connectivity index (χ1v) is 3.79. The van der Waals surface area contributed by atoms with E-state index < -0.39 is 5.41 Å². The average molecular weight is 158 g/mol. The van der Waals surface area contributed by atoms with Gasteiger partial charge < -0.3 is 16.2 Å². The number of amides is 1. The second-order valence-electron chi connectivity index (χ2n) is 3.00. The lowest BCUT2D eigenvalue weighted by Crippen LogP contribution is -2.48. The summed E-state index contributed by atoms with van der Waals surface area (Å²) in [5.41, 5.74) is 10.1. The molecule has 1 unspecified atom stereocenters. The van der Waals surface area contributed by atoms with Crippen LogP contribution < -0.4 is 11.5 Å². The van der Waals surface area contributed by atoms with E-state index in [1.165, 1.54) is 0 Å². The van der Waals surface area contributed by atoms with Crippen LogP contribution in [-0.2, 0) is 9.53 Å². The molecule has 1 heterocycles. The highest BCUT2D eigenvalue weighted by Crippen LogP contribution is 2.26. The van der Waals surface area contributed by atoms with Gasteiger partial charge in [-0.3, -0.25) is 4.79 Å². The Hall–Kier alpha value is -0.610. The number of hydrogen-bond donors (Lipinski definition) is 2. The summed E-state index contributed by atoms with van der Waals surface area (Å²) in [6, 6.07) is 0. The molecule has 0 aromatic heterocycles. The van der Waals surface area contributed by atoms with Crippen LogP contribution in [0, 0.1) is 5.41 Å². The standard InChI is InChI=1S/C7H14N2O2/c8-4-7(6(9)10)2-1-3-11-5-7/h1-5,8H2,(H2,9,10). The van der Waals surface area contributed by atoms with Gasteiger partial charge in [0, 0.05) is 13.2 Å². The van der Waals surface area contributed by atoms with Crippen LogP contribution in [0.4, 0.5) is 0 Å². The Morgan fingerprint density at radius 2 is 2.36 bits per heavy atom. The van der Waals surface area contributed by atoms with Crippen molar-refractivity contribution in [3.63, 3.8) is 0 Å². The van der Waals surface area contributed by atoms with Gasteiger partial charge in [0.1, 0.15) is 0 Å². The number of rotatable bonds is 2. The molecule has 0 bridgehead atoms. The quantitative estimate of drug-likeness (QED) is 0.553. The summed E-state index contributed by atoms with van der Waals surface area (Å²) in [5.74, 6) is -0.334. The maximum Gasteiger partial charge on any atom is 0.227 e. The minimum absolute atomic E-state index is 0.294. The number of hydrogen-bond acceptors (Lipinski definition) is 3. The Labute approximate surface area is 65.9 Å². The fraction of sp³-hybridized carbons (Fsp3) is 0.857. The normalized spacial score (nSPS) is 31.7. The fourth-order valence-corrected chi connectivity index (χ4v) is 1.31. The summed E-state index contributed by atoms with van der Waals surface area (Å²) in [5, 5.41) is 0. The molecule has 1 rings (SSSR count). The molecule has 1 aliphatic heterocycles. The summed E-state index contributed by atoms with van der Waals surface area (Å²) in [6.07, 6.45) is 1.64. The van der Waals surface area contributed by atoms with Crippen molar-refractivity contribution in [2.75, 3.05) is 19.8 Å². The van der Waals surface area contributed by atoms with Crippen LogP contribution in [0.2, 0.25) is 0 Å². The van der Waals surface area contributed by atoms with E-state index in [2.05, 4.69) is 0 Å². The van der Waals surface area contributed by atoms with Crippen LogP contribution in [0.15, 0.2) is 0 Å². The predicted octanol–water partition coefficient (Wildman–Crippen LogP) is -0.773. The van der Waals surface area contributed by atoms with Crippen molar-refractivity contribution in [2.45, 2.75) is 12.8 Å². The van der Waals surface area contributed by atoms with Crippen LogP contribution in [0.5, 0.6) is 0 Å². The zero-order valence-electron chi connectivity index (χ0n) is 6.51. The van der Waals surface area contributed by atoms with Crippen LogP contribution in [0.3, 0.4) is 0 Å². The van der Waals surface area contributed by atoms with Gasteiger partial charge in [-0.1, -0.05) is 0 Å². The van der Waals surface area contributed by atoms with E-state index in [9.17, 15) is 4.79 Å². The monoisotopic (exact) mass is 158 g/mol. The summed E-state index contributed by atoms with van der Waals surface area (Å²) in [4.78, 5) is 11.0. The van der Waals surface area contributed by atoms with Crippen LogP contribution in [0.1, 0.15) is 12.8 Å². The third kappa shape index (κ3) is 1.52. The van der Waals surface area contributed by atoms with Crippen molar-refractivity contribution in [1.29, 1.82) is 0 Å². The zero-order valence-corrected chi connectivity index (χ0v) is 6.51. The first-order chi connectivity index (χ1) is 5.21. The molecule has 64 valence electrons. The Balaban J connectivity index is 2.64. The van der Waals surface area contributed by atoms with E-state index in [-0.39, 0.29) is 5.91 Å². The van der Waals surface area contributed by atoms with Crippen molar-refractivity contribution in [3.8, 4) is 0 Å². The predicted molar refractivity (Wildman–Crippen MR) is 40.7 cm³/mol. The van der Waals surface area contributed by atoms with Crippen molar-refractivity contribution >= 4 is 5.91 Å². The SMILES string of the molecule is NCC1(C(N)=O)CCCOC1. The van der Waals surface area contributed by atoms with Gasteiger partial charge in [-0.05, 0) is 12.8 Å². The third-order valence-electron chi connectivity index (χ3n) is 2.24. The first kappa shape index (κ1) is 8.49. The summed E-state index contributed by atoms with van der Waals surface area (Å²) >= 11 is 0. The molecule has 1 atom stereocenters. The van der Waals surface area contributed by atoms with Crippen molar-refractivity contribution in [3.05, 3.63) is 0 Å². The van der Waals surface area contributed by atoms with Crippen LogP contribution in [0.25, 0.3) is 0 Å². The third-order valence-corrected chi connectivity index (χ3v) is 2.24. The smallest absolute Gasteiger partial charge is 0.227 e. The summed E-state index contributed by atoms with van der Waals surface area (Å²) in [7, 11) is 0. The first-order valence-electron chi connectivity index (χ1n) is 3.79. The minimum atomic E-state index is -0.585. The van der Waals surface area contributed by atoms with Gasteiger partial charge in [-0.25, -0.2) is 0 Å². The van der Waals surface area contributed by atoms with Gasteiger partial charge in [0.25, 0.3) is 0 Å². The Bertz CT molecular complexity index is 153. The molecule has 0 spiro atoms. The van der Waals surface area contributed by atoms with Gasteiger partial charge in [0.05, 0.1) is 12.0 Å². The Morgan fingerprint density at radius 1 is 1.64 bits per heavy atom. The highest BCUT2D eigenvalue weighted by molar-refractivity contribution is 5.81. The van der Waals surface area contributed by atoms with Gasteiger partial charge in [-0.15, -0.1) is 0 Å². The Kier molecular flexibility index (Phi) is 2.46. The molecule has 11 heavy (non-hydrogen) atoms. The molecule has 1 saturated heterocycles. The molecule has 1 fully saturated rings. The van der Waals surface area contributed by atoms with Crippen LogP contribution >= 0.6 is 0 Å². The van der Waals surface area contributed by atoms with Crippen molar-refractivity contribution in [1.82, 2.24) is 0 Å². The van der Waals surface area contributed by atoms with Crippen molar-refractivity contribution < 1.29 is 9.53 Å². The van der Waals surface area contributed by atoms with E-state index in [1.807, 2.05) is 0 Å². The highest BCUT2D eigenvalue weighted by Gasteiger charge is 2.37. The molecule has 0 aliphatic carbocycles. The molecular weight excluding hydrogens is 144 g/mol. The van der Waals surface area contributed by atoms with E-state index in [1.54, 1.807) is 0 Å². The van der Waals surface area contributed by atoms with Gasteiger partial charge in [0.15, 0.2) is 0 Å². The van der Waals surface area contributed by atoms with Gasteiger partial charge in [-0.2, -0.15) is 0 Å². The molecule has 0 radical (unpaired) electrons. The molecule has 0 saturated carbocycles. The molecular formula is C7H14N2O2. The lowest BCUT2D eigenvalue weighted by atomic mass is 9.82. The highest BCUT2D eigenvalue weighted by atomic mass is 16.5. The summed E-state index contributed by atoms with van der Waals surface area (Å²) in [6.45, 7) is 1.40. The molecule has 4 nitrogen and oxygen atoms in total. The fourth-order valence-electron chi connectivity index (χ4n) is 1.31. The molecule has 0 aromatic carbocycles.